The van der Waals surface area contributed by atoms with E-state index in [0.717, 1.165) is 29.8 Å². The highest BCUT2D eigenvalue weighted by atomic mass is 79.9. The Kier molecular flexibility index (Phi) is 5.30. The second-order valence-corrected chi connectivity index (χ2v) is 5.99. The number of nitrogens with zero attached hydrogens (tertiary/aromatic N) is 1. The highest BCUT2D eigenvalue weighted by Gasteiger charge is 2.15. The Hall–Kier alpha value is -0.290. The van der Waals surface area contributed by atoms with E-state index in [2.05, 4.69) is 26.1 Å². The zero-order valence-electron chi connectivity index (χ0n) is 10.2. The van der Waals surface area contributed by atoms with Crippen molar-refractivity contribution in [2.75, 3.05) is 31.5 Å². The van der Waals surface area contributed by atoms with Gasteiger partial charge in [-0.3, -0.25) is 0 Å². The van der Waals surface area contributed by atoms with Crippen molar-refractivity contribution >= 4 is 33.2 Å². The van der Waals surface area contributed by atoms with Crippen LogP contribution in [-0.4, -0.2) is 42.3 Å². The maximum absolute atomic E-state index is 9.97. The molecule has 0 aliphatic carbocycles. The Bertz CT molecular complexity index is 397. The summed E-state index contributed by atoms with van der Waals surface area (Å²) in [5.41, 5.74) is 0.853. The summed E-state index contributed by atoms with van der Waals surface area (Å²) in [7, 11) is 0. The number of likely N-dealkylation sites (tertiary alicyclic amines) is 1. The molecule has 0 aromatic heterocycles. The first-order chi connectivity index (χ1) is 8.65. The van der Waals surface area contributed by atoms with Crippen LogP contribution < -0.4 is 5.32 Å². The van der Waals surface area contributed by atoms with Gasteiger partial charge in [-0.25, -0.2) is 0 Å². The smallest absolute Gasteiger partial charge is 0.0839 e. The van der Waals surface area contributed by atoms with Gasteiger partial charge in [-0.2, -0.15) is 0 Å². The average Bonchev–Trinajstić information content (AvgIpc) is 2.83. The van der Waals surface area contributed by atoms with E-state index in [-0.39, 0.29) is 6.10 Å². The highest BCUT2D eigenvalue weighted by Crippen LogP contribution is 2.25. The molecule has 2 N–H and O–H groups in total. The van der Waals surface area contributed by atoms with Crippen molar-refractivity contribution in [3.8, 4) is 0 Å². The Labute approximate surface area is 121 Å². The van der Waals surface area contributed by atoms with Crippen LogP contribution in [0.5, 0.6) is 0 Å². The number of anilines is 1. The number of hydrogen-bond donors (Lipinski definition) is 2. The molecule has 5 heteroatoms. The van der Waals surface area contributed by atoms with Crippen molar-refractivity contribution in [3.05, 3.63) is 27.7 Å². The van der Waals surface area contributed by atoms with E-state index in [0.29, 0.717) is 11.6 Å². The lowest BCUT2D eigenvalue weighted by Crippen LogP contribution is -2.34. The van der Waals surface area contributed by atoms with E-state index >= 15 is 0 Å². The summed E-state index contributed by atoms with van der Waals surface area (Å²) >= 11 is 9.48. The third kappa shape index (κ3) is 4.12. The summed E-state index contributed by atoms with van der Waals surface area (Å²) in [6.07, 6.45) is 2.13. The van der Waals surface area contributed by atoms with Gasteiger partial charge in [0.25, 0.3) is 0 Å². The van der Waals surface area contributed by atoms with Crippen molar-refractivity contribution in [2.24, 2.45) is 0 Å². The van der Waals surface area contributed by atoms with Gasteiger partial charge in [0, 0.05) is 17.6 Å². The van der Waals surface area contributed by atoms with Crippen LogP contribution in [0.15, 0.2) is 22.7 Å². The van der Waals surface area contributed by atoms with Crippen molar-refractivity contribution in [1.82, 2.24) is 4.90 Å². The van der Waals surface area contributed by atoms with E-state index in [9.17, 15) is 5.11 Å². The Morgan fingerprint density at radius 2 is 2.11 bits per heavy atom. The molecule has 1 unspecified atom stereocenters. The lowest BCUT2D eigenvalue weighted by molar-refractivity contribution is 0.135. The number of halogens is 2. The molecule has 0 radical (unpaired) electrons. The van der Waals surface area contributed by atoms with E-state index in [1.54, 1.807) is 0 Å². The molecule has 1 aliphatic heterocycles. The number of nitrogens with one attached hydrogen (secondary N) is 1. The van der Waals surface area contributed by atoms with Crippen LogP contribution in [0.4, 0.5) is 5.69 Å². The van der Waals surface area contributed by atoms with E-state index in [1.165, 1.54) is 12.8 Å². The lowest BCUT2D eigenvalue weighted by Gasteiger charge is -2.20. The predicted octanol–water partition coefficient (Wildman–Crippen LogP) is 2.97. The lowest BCUT2D eigenvalue weighted by atomic mass is 10.3. The largest absolute Gasteiger partial charge is 0.390 e. The summed E-state index contributed by atoms with van der Waals surface area (Å²) in [6.45, 7) is 3.47. The molecule has 1 atom stereocenters. The van der Waals surface area contributed by atoms with E-state index in [4.69, 9.17) is 11.6 Å². The van der Waals surface area contributed by atoms with Gasteiger partial charge in [0.05, 0.1) is 16.8 Å². The summed E-state index contributed by atoms with van der Waals surface area (Å²) < 4.78 is 0.975. The fourth-order valence-corrected chi connectivity index (χ4v) is 2.73. The first kappa shape index (κ1) is 14.1. The van der Waals surface area contributed by atoms with Crippen LogP contribution >= 0.6 is 27.5 Å². The van der Waals surface area contributed by atoms with Crippen LogP contribution in [0, 0.1) is 0 Å². The van der Waals surface area contributed by atoms with Gasteiger partial charge < -0.3 is 15.3 Å². The molecule has 1 heterocycles. The van der Waals surface area contributed by atoms with Crippen LogP contribution in [-0.2, 0) is 0 Å². The maximum Gasteiger partial charge on any atom is 0.0839 e. The fourth-order valence-electron chi connectivity index (χ4n) is 2.19. The molecule has 1 fully saturated rings. The third-order valence-corrected chi connectivity index (χ3v) is 3.95. The summed E-state index contributed by atoms with van der Waals surface area (Å²) in [5.74, 6) is 0. The Morgan fingerprint density at radius 1 is 1.39 bits per heavy atom. The predicted molar refractivity (Wildman–Crippen MR) is 79.3 cm³/mol. The zero-order chi connectivity index (χ0) is 13.0. The first-order valence-corrected chi connectivity index (χ1v) is 7.41. The molecule has 18 heavy (non-hydrogen) atoms. The van der Waals surface area contributed by atoms with Crippen molar-refractivity contribution in [2.45, 2.75) is 18.9 Å². The zero-order valence-corrected chi connectivity index (χ0v) is 12.5. The van der Waals surface area contributed by atoms with Gasteiger partial charge in [-0.1, -0.05) is 27.5 Å². The van der Waals surface area contributed by atoms with E-state index < -0.39 is 0 Å². The normalized spacial score (nSPS) is 17.9. The second kappa shape index (κ2) is 6.75. The number of hydrogen-bond acceptors (Lipinski definition) is 3. The van der Waals surface area contributed by atoms with Gasteiger partial charge in [0.2, 0.25) is 0 Å². The standard InChI is InChI=1S/C13H18BrClN2O/c14-10-3-4-12(15)13(7-10)16-8-11(18)9-17-5-1-2-6-17/h3-4,7,11,16,18H,1-2,5-6,8-9H2. The number of aliphatic hydroxyl groups is 1. The van der Waals surface area contributed by atoms with Gasteiger partial charge in [0.15, 0.2) is 0 Å². The van der Waals surface area contributed by atoms with Crippen LogP contribution in [0.25, 0.3) is 0 Å². The Morgan fingerprint density at radius 3 is 2.83 bits per heavy atom. The quantitative estimate of drug-likeness (QED) is 0.869. The molecule has 1 aromatic rings. The molecule has 0 saturated carbocycles. The monoisotopic (exact) mass is 332 g/mol. The number of aliphatic hydroxyl groups excluding tert-OH is 1. The van der Waals surface area contributed by atoms with Gasteiger partial charge in [-0.15, -0.1) is 0 Å². The molecule has 0 spiro atoms. The van der Waals surface area contributed by atoms with Crippen LogP contribution in [0.1, 0.15) is 12.8 Å². The first-order valence-electron chi connectivity index (χ1n) is 6.24. The molecule has 100 valence electrons. The Balaban J connectivity index is 1.81. The van der Waals surface area contributed by atoms with Crippen molar-refractivity contribution in [3.63, 3.8) is 0 Å². The summed E-state index contributed by atoms with van der Waals surface area (Å²) in [5, 5.41) is 13.8. The second-order valence-electron chi connectivity index (χ2n) is 4.67. The SMILES string of the molecule is OC(CNc1cc(Br)ccc1Cl)CN1CCCC1. The minimum absolute atomic E-state index is 0.363. The number of benzene rings is 1. The van der Waals surface area contributed by atoms with Crippen LogP contribution in [0.2, 0.25) is 5.02 Å². The van der Waals surface area contributed by atoms with Gasteiger partial charge in [0.1, 0.15) is 0 Å². The highest BCUT2D eigenvalue weighted by molar-refractivity contribution is 9.10. The van der Waals surface area contributed by atoms with Gasteiger partial charge >= 0.3 is 0 Å². The van der Waals surface area contributed by atoms with Gasteiger partial charge in [-0.05, 0) is 44.1 Å². The fraction of sp³-hybridized carbons (Fsp3) is 0.538. The third-order valence-electron chi connectivity index (χ3n) is 3.12. The molecule has 1 aromatic carbocycles. The van der Waals surface area contributed by atoms with E-state index in [1.807, 2.05) is 18.2 Å². The maximum atomic E-state index is 9.97. The minimum atomic E-state index is -0.363. The molecular weight excluding hydrogens is 316 g/mol. The topological polar surface area (TPSA) is 35.5 Å². The average molecular weight is 334 g/mol. The molecule has 1 saturated heterocycles. The minimum Gasteiger partial charge on any atom is -0.390 e. The molecule has 0 amide bonds. The molecule has 1 aliphatic rings. The summed E-state index contributed by atoms with van der Waals surface area (Å²) in [6, 6.07) is 5.65. The molecule has 0 bridgehead atoms. The number of rotatable bonds is 5. The summed E-state index contributed by atoms with van der Waals surface area (Å²) in [4.78, 5) is 2.30. The molecular formula is C13H18BrClN2O. The number of β-amino-alcohol motifs (C(OH)–C–C–N with tert-alkyl or cyclic N) is 1. The molecule has 3 nitrogen and oxygen atoms in total. The van der Waals surface area contributed by atoms with Crippen molar-refractivity contribution < 1.29 is 5.11 Å². The van der Waals surface area contributed by atoms with Crippen LogP contribution in [0.3, 0.4) is 0 Å². The van der Waals surface area contributed by atoms with Crippen molar-refractivity contribution in [1.29, 1.82) is 0 Å². The molecule has 2 rings (SSSR count).